The van der Waals surface area contributed by atoms with Gasteiger partial charge in [0.25, 0.3) is 0 Å². The molecule has 8 heteroatoms. The zero-order chi connectivity index (χ0) is 16.0. The molecule has 1 fully saturated rings. The summed E-state index contributed by atoms with van der Waals surface area (Å²) in [6.45, 7) is 4.76. The Kier molecular flexibility index (Phi) is 5.90. The maximum atomic E-state index is 12.2. The summed E-state index contributed by atoms with van der Waals surface area (Å²) >= 11 is 0. The van der Waals surface area contributed by atoms with Crippen LogP contribution in [0, 0.1) is 0 Å². The third kappa shape index (κ3) is 4.51. The highest BCUT2D eigenvalue weighted by molar-refractivity contribution is 7.89. The van der Waals surface area contributed by atoms with Crippen molar-refractivity contribution in [2.45, 2.75) is 4.90 Å². The fourth-order valence-corrected chi connectivity index (χ4v) is 3.27. The van der Waals surface area contributed by atoms with Crippen molar-refractivity contribution in [1.29, 1.82) is 0 Å². The molecule has 2 rings (SSSR count). The average molecular weight is 327 g/mol. The number of hydrogen-bond donors (Lipinski definition) is 2. The highest BCUT2D eigenvalue weighted by Crippen LogP contribution is 2.11. The molecule has 1 aromatic carbocycles. The third-order valence-electron chi connectivity index (χ3n) is 3.52. The number of methoxy groups -OCH3 is 1. The first-order chi connectivity index (χ1) is 10.5. The zero-order valence-corrected chi connectivity index (χ0v) is 13.4. The SMILES string of the molecule is COC(=O)c1ccc(S(=O)(=O)NCCN2CCNCC2)cc1. The molecule has 0 bridgehead atoms. The van der Waals surface area contributed by atoms with Crippen LogP contribution in [0.3, 0.4) is 0 Å². The van der Waals surface area contributed by atoms with Gasteiger partial charge >= 0.3 is 5.97 Å². The van der Waals surface area contributed by atoms with Gasteiger partial charge in [0.15, 0.2) is 0 Å². The lowest BCUT2D eigenvalue weighted by atomic mass is 10.2. The minimum atomic E-state index is -3.55. The Morgan fingerprint density at radius 3 is 2.50 bits per heavy atom. The Morgan fingerprint density at radius 2 is 1.91 bits per heavy atom. The van der Waals surface area contributed by atoms with Gasteiger partial charge in [0.05, 0.1) is 17.6 Å². The third-order valence-corrected chi connectivity index (χ3v) is 4.99. The maximum absolute atomic E-state index is 12.2. The lowest BCUT2D eigenvalue weighted by Gasteiger charge is -2.27. The van der Waals surface area contributed by atoms with Gasteiger partial charge in [-0.25, -0.2) is 17.9 Å². The van der Waals surface area contributed by atoms with Gasteiger partial charge in [-0.3, -0.25) is 4.90 Å². The van der Waals surface area contributed by atoms with Crippen molar-refractivity contribution < 1.29 is 17.9 Å². The summed E-state index contributed by atoms with van der Waals surface area (Å²) in [4.78, 5) is 13.7. The standard InChI is InChI=1S/C14H21N3O4S/c1-21-14(18)12-2-4-13(5-3-12)22(19,20)16-8-11-17-9-6-15-7-10-17/h2-5,15-16H,6-11H2,1H3. The van der Waals surface area contributed by atoms with Crippen LogP contribution in [0.25, 0.3) is 0 Å². The summed E-state index contributed by atoms with van der Waals surface area (Å²) in [5.41, 5.74) is 0.322. The molecule has 1 aliphatic heterocycles. The van der Waals surface area contributed by atoms with E-state index in [-0.39, 0.29) is 4.90 Å². The average Bonchev–Trinajstić information content (AvgIpc) is 2.55. The van der Waals surface area contributed by atoms with Crippen molar-refractivity contribution in [2.75, 3.05) is 46.4 Å². The highest BCUT2D eigenvalue weighted by atomic mass is 32.2. The smallest absolute Gasteiger partial charge is 0.337 e. The molecule has 0 unspecified atom stereocenters. The van der Waals surface area contributed by atoms with Crippen LogP contribution < -0.4 is 10.0 Å². The number of piperazine rings is 1. The number of esters is 1. The van der Waals surface area contributed by atoms with E-state index in [1.807, 2.05) is 0 Å². The summed E-state index contributed by atoms with van der Waals surface area (Å²) in [6.07, 6.45) is 0. The Bertz CT molecular complexity index is 595. The maximum Gasteiger partial charge on any atom is 0.337 e. The fourth-order valence-electron chi connectivity index (χ4n) is 2.24. The molecule has 1 heterocycles. The normalized spacial score (nSPS) is 16.4. The van der Waals surface area contributed by atoms with Crippen molar-refractivity contribution in [3.8, 4) is 0 Å². The first-order valence-corrected chi connectivity index (χ1v) is 8.62. The minimum Gasteiger partial charge on any atom is -0.465 e. The molecular formula is C14H21N3O4S. The second kappa shape index (κ2) is 7.68. The molecule has 22 heavy (non-hydrogen) atoms. The van der Waals surface area contributed by atoms with Crippen molar-refractivity contribution in [2.24, 2.45) is 0 Å². The van der Waals surface area contributed by atoms with Crippen LogP contribution in [-0.2, 0) is 14.8 Å². The molecule has 0 aliphatic carbocycles. The Hall–Kier alpha value is -1.48. The van der Waals surface area contributed by atoms with E-state index in [0.29, 0.717) is 18.7 Å². The van der Waals surface area contributed by atoms with E-state index in [0.717, 1.165) is 26.2 Å². The first-order valence-electron chi connectivity index (χ1n) is 7.14. The number of benzene rings is 1. The number of carbonyl (C=O) groups excluding carboxylic acids is 1. The van der Waals surface area contributed by atoms with Gasteiger partial charge in [-0.2, -0.15) is 0 Å². The number of nitrogens with one attached hydrogen (secondary N) is 2. The lowest BCUT2D eigenvalue weighted by Crippen LogP contribution is -2.46. The number of ether oxygens (including phenoxy) is 1. The number of rotatable bonds is 6. The van der Waals surface area contributed by atoms with E-state index >= 15 is 0 Å². The van der Waals surface area contributed by atoms with Gasteiger partial charge in [-0.05, 0) is 24.3 Å². The van der Waals surface area contributed by atoms with Gasteiger partial charge < -0.3 is 10.1 Å². The minimum absolute atomic E-state index is 0.139. The van der Waals surface area contributed by atoms with Crippen LogP contribution in [-0.4, -0.2) is 65.7 Å². The molecule has 0 spiro atoms. The van der Waals surface area contributed by atoms with Crippen LogP contribution in [0.2, 0.25) is 0 Å². The zero-order valence-electron chi connectivity index (χ0n) is 12.5. The lowest BCUT2D eigenvalue weighted by molar-refractivity contribution is 0.0600. The second-order valence-corrected chi connectivity index (χ2v) is 6.77. The van der Waals surface area contributed by atoms with Crippen LogP contribution >= 0.6 is 0 Å². The van der Waals surface area contributed by atoms with Crippen molar-refractivity contribution in [3.63, 3.8) is 0 Å². The molecule has 0 radical (unpaired) electrons. The van der Waals surface area contributed by atoms with Gasteiger partial charge in [0.2, 0.25) is 10.0 Å². The topological polar surface area (TPSA) is 87.7 Å². The molecule has 122 valence electrons. The van der Waals surface area contributed by atoms with Gasteiger partial charge in [0, 0.05) is 39.3 Å². The van der Waals surface area contributed by atoms with Crippen LogP contribution in [0.1, 0.15) is 10.4 Å². The molecule has 1 aliphatic rings. The van der Waals surface area contributed by atoms with Gasteiger partial charge in [-0.1, -0.05) is 0 Å². The molecule has 1 aromatic rings. The summed E-state index contributed by atoms with van der Waals surface area (Å²) in [6, 6.07) is 5.69. The largest absolute Gasteiger partial charge is 0.465 e. The van der Waals surface area contributed by atoms with Crippen LogP contribution in [0.15, 0.2) is 29.2 Å². The number of nitrogens with zero attached hydrogens (tertiary/aromatic N) is 1. The highest BCUT2D eigenvalue weighted by Gasteiger charge is 2.16. The Morgan fingerprint density at radius 1 is 1.27 bits per heavy atom. The van der Waals surface area contributed by atoms with Crippen LogP contribution in [0.4, 0.5) is 0 Å². The van der Waals surface area contributed by atoms with Crippen molar-refractivity contribution in [1.82, 2.24) is 14.9 Å². The Balaban J connectivity index is 1.90. The van der Waals surface area contributed by atoms with Gasteiger partial charge in [0.1, 0.15) is 0 Å². The predicted octanol–water partition coefficient (Wildman–Crippen LogP) is -0.343. The number of hydrogen-bond acceptors (Lipinski definition) is 6. The molecule has 1 saturated heterocycles. The first kappa shape index (κ1) is 16.9. The quantitative estimate of drug-likeness (QED) is 0.695. The molecule has 0 aromatic heterocycles. The molecule has 2 N–H and O–H groups in total. The van der Waals surface area contributed by atoms with E-state index in [2.05, 4.69) is 19.7 Å². The van der Waals surface area contributed by atoms with Crippen molar-refractivity contribution >= 4 is 16.0 Å². The fraction of sp³-hybridized carbons (Fsp3) is 0.500. The summed E-state index contributed by atoms with van der Waals surface area (Å²) in [5.74, 6) is -0.490. The van der Waals surface area contributed by atoms with Crippen LogP contribution in [0.5, 0.6) is 0 Å². The molecule has 0 atom stereocenters. The summed E-state index contributed by atoms with van der Waals surface area (Å²) < 4.78 is 31.5. The summed E-state index contributed by atoms with van der Waals surface area (Å²) in [7, 11) is -2.27. The number of sulfonamides is 1. The van der Waals surface area contributed by atoms with Crippen molar-refractivity contribution in [3.05, 3.63) is 29.8 Å². The number of carbonyl (C=O) groups is 1. The van der Waals surface area contributed by atoms with E-state index in [1.165, 1.54) is 31.4 Å². The monoisotopic (exact) mass is 327 g/mol. The van der Waals surface area contributed by atoms with E-state index in [4.69, 9.17) is 0 Å². The van der Waals surface area contributed by atoms with E-state index in [1.54, 1.807) is 0 Å². The molecular weight excluding hydrogens is 306 g/mol. The van der Waals surface area contributed by atoms with E-state index < -0.39 is 16.0 Å². The van der Waals surface area contributed by atoms with Gasteiger partial charge in [-0.15, -0.1) is 0 Å². The molecule has 7 nitrogen and oxygen atoms in total. The summed E-state index contributed by atoms with van der Waals surface area (Å²) in [5, 5.41) is 3.25. The predicted molar refractivity (Wildman–Crippen MR) is 82.3 cm³/mol. The molecule has 0 saturated carbocycles. The van der Waals surface area contributed by atoms with E-state index in [9.17, 15) is 13.2 Å². The second-order valence-electron chi connectivity index (χ2n) is 5.01. The Labute approximate surface area is 130 Å². The molecule has 0 amide bonds.